The molecule has 2 heteroatoms. The van der Waals surface area contributed by atoms with Gasteiger partial charge >= 0.3 is 0 Å². The lowest BCUT2D eigenvalue weighted by Crippen LogP contribution is -2.17. The zero-order valence-corrected chi connectivity index (χ0v) is 10.9. The van der Waals surface area contributed by atoms with E-state index in [1.54, 1.807) is 13.8 Å². The van der Waals surface area contributed by atoms with Crippen molar-refractivity contribution in [3.63, 3.8) is 0 Å². The molecule has 0 amide bonds. The van der Waals surface area contributed by atoms with Crippen LogP contribution in [0.4, 0.5) is 0 Å². The van der Waals surface area contributed by atoms with Gasteiger partial charge in [0.25, 0.3) is 0 Å². The second-order valence-corrected chi connectivity index (χ2v) is 9.86. The second kappa shape index (κ2) is 5.25. The van der Waals surface area contributed by atoms with Gasteiger partial charge in [-0.05, 0) is 32.1 Å². The summed E-state index contributed by atoms with van der Waals surface area (Å²) in [7, 11) is -1.27. The van der Waals surface area contributed by atoms with Gasteiger partial charge < -0.3 is 5.11 Å². The highest BCUT2D eigenvalue weighted by molar-refractivity contribution is 6.83. The van der Waals surface area contributed by atoms with Gasteiger partial charge in [0.1, 0.15) is 8.07 Å². The van der Waals surface area contributed by atoms with E-state index >= 15 is 0 Å². The maximum atomic E-state index is 9.41. The van der Waals surface area contributed by atoms with E-state index in [0.717, 1.165) is 0 Å². The van der Waals surface area contributed by atoms with Crippen molar-refractivity contribution in [1.82, 2.24) is 0 Å². The predicted molar refractivity (Wildman–Crippen MR) is 64.4 cm³/mol. The molecule has 0 heterocycles. The molecule has 1 nitrogen and oxygen atoms in total. The van der Waals surface area contributed by atoms with Gasteiger partial charge in [-0.2, -0.15) is 0 Å². The average molecular weight is 208 g/mol. The van der Waals surface area contributed by atoms with E-state index in [1.807, 2.05) is 0 Å². The fourth-order valence-electron chi connectivity index (χ4n) is 0.694. The van der Waals surface area contributed by atoms with Gasteiger partial charge in [0, 0.05) is 6.42 Å². The van der Waals surface area contributed by atoms with Crippen molar-refractivity contribution < 1.29 is 5.11 Å². The van der Waals surface area contributed by atoms with Gasteiger partial charge in [-0.15, -0.1) is 5.54 Å². The highest BCUT2D eigenvalue weighted by Gasteiger charge is 2.09. The lowest BCUT2D eigenvalue weighted by atomic mass is 10.0. The van der Waals surface area contributed by atoms with Crippen molar-refractivity contribution in [2.45, 2.75) is 51.9 Å². The minimum atomic E-state index is -1.27. The Morgan fingerprint density at radius 1 is 1.14 bits per heavy atom. The Kier molecular flexibility index (Phi) is 4.98. The summed E-state index contributed by atoms with van der Waals surface area (Å²) in [6.45, 7) is 10.2. The SMILES string of the molecule is CC(C)(O)CCC#CC#C[Si](C)(C)C. The monoisotopic (exact) mass is 208 g/mol. The van der Waals surface area contributed by atoms with Gasteiger partial charge in [0.05, 0.1) is 5.60 Å². The Morgan fingerprint density at radius 2 is 1.71 bits per heavy atom. The van der Waals surface area contributed by atoms with Crippen LogP contribution >= 0.6 is 0 Å². The van der Waals surface area contributed by atoms with Crippen LogP contribution in [0.3, 0.4) is 0 Å². The number of hydrogen-bond donors (Lipinski definition) is 1. The van der Waals surface area contributed by atoms with Crippen LogP contribution in [-0.4, -0.2) is 18.8 Å². The molecule has 0 spiro atoms. The topological polar surface area (TPSA) is 20.2 Å². The predicted octanol–water partition coefficient (Wildman–Crippen LogP) is 2.42. The molecule has 0 rings (SSSR count). The molecule has 0 bridgehead atoms. The van der Waals surface area contributed by atoms with Gasteiger partial charge in [-0.25, -0.2) is 0 Å². The fourth-order valence-corrected chi connectivity index (χ4v) is 1.13. The molecule has 14 heavy (non-hydrogen) atoms. The first kappa shape index (κ1) is 13.3. The van der Waals surface area contributed by atoms with Crippen molar-refractivity contribution in [1.29, 1.82) is 0 Å². The molecular weight excluding hydrogens is 188 g/mol. The number of aliphatic hydroxyl groups is 1. The van der Waals surface area contributed by atoms with Crippen LogP contribution in [0.25, 0.3) is 0 Å². The van der Waals surface area contributed by atoms with Crippen molar-refractivity contribution in [3.8, 4) is 23.3 Å². The lowest BCUT2D eigenvalue weighted by molar-refractivity contribution is 0.0727. The minimum absolute atomic E-state index is 0.610. The van der Waals surface area contributed by atoms with Gasteiger partial charge in [0.15, 0.2) is 0 Å². The Balaban J connectivity index is 3.91. The Hall–Kier alpha value is -0.703. The van der Waals surface area contributed by atoms with Crippen molar-refractivity contribution in [2.24, 2.45) is 0 Å². The third kappa shape index (κ3) is 11.3. The molecular formula is C12H20OSi. The number of rotatable bonds is 2. The third-order valence-electron chi connectivity index (χ3n) is 1.45. The maximum Gasteiger partial charge on any atom is 0.130 e. The normalized spacial score (nSPS) is 11.0. The molecule has 0 aromatic rings. The average Bonchev–Trinajstić information content (AvgIpc) is 1.92. The zero-order chi connectivity index (χ0) is 11.2. The first-order valence-electron chi connectivity index (χ1n) is 4.93. The summed E-state index contributed by atoms with van der Waals surface area (Å²) in [6, 6.07) is 0. The van der Waals surface area contributed by atoms with Crippen LogP contribution in [0.2, 0.25) is 19.6 Å². The largest absolute Gasteiger partial charge is 0.390 e. The van der Waals surface area contributed by atoms with Gasteiger partial charge in [0.2, 0.25) is 0 Å². The van der Waals surface area contributed by atoms with Crippen LogP contribution in [-0.2, 0) is 0 Å². The molecule has 0 unspecified atom stereocenters. The molecule has 0 saturated heterocycles. The Labute approximate surface area is 88.9 Å². The van der Waals surface area contributed by atoms with E-state index in [1.165, 1.54) is 0 Å². The van der Waals surface area contributed by atoms with E-state index in [4.69, 9.17) is 0 Å². The molecule has 0 fully saturated rings. The first-order valence-corrected chi connectivity index (χ1v) is 8.43. The minimum Gasteiger partial charge on any atom is -0.390 e. The van der Waals surface area contributed by atoms with Gasteiger partial charge in [-0.3, -0.25) is 0 Å². The maximum absolute atomic E-state index is 9.41. The molecule has 0 aliphatic rings. The summed E-state index contributed by atoms with van der Waals surface area (Å²) in [5.74, 6) is 8.66. The van der Waals surface area contributed by atoms with E-state index in [-0.39, 0.29) is 0 Å². The lowest BCUT2D eigenvalue weighted by Gasteiger charge is -2.13. The molecule has 0 aliphatic heterocycles. The summed E-state index contributed by atoms with van der Waals surface area (Å²) in [5, 5.41) is 9.41. The quantitative estimate of drug-likeness (QED) is 0.546. The Bertz CT molecular complexity index is 283. The molecule has 1 N–H and O–H groups in total. The van der Waals surface area contributed by atoms with Crippen molar-refractivity contribution >= 4 is 8.07 Å². The summed E-state index contributed by atoms with van der Waals surface area (Å²) in [5.41, 5.74) is 2.56. The Morgan fingerprint density at radius 3 is 2.14 bits per heavy atom. The highest BCUT2D eigenvalue weighted by atomic mass is 28.3. The molecule has 0 saturated carbocycles. The molecule has 0 aromatic carbocycles. The highest BCUT2D eigenvalue weighted by Crippen LogP contribution is 2.08. The molecule has 78 valence electrons. The zero-order valence-electron chi connectivity index (χ0n) is 9.86. The van der Waals surface area contributed by atoms with Crippen LogP contribution in [0.1, 0.15) is 26.7 Å². The molecule has 0 aliphatic carbocycles. The van der Waals surface area contributed by atoms with Gasteiger partial charge in [-0.1, -0.05) is 25.6 Å². The molecule has 0 atom stereocenters. The van der Waals surface area contributed by atoms with E-state index in [9.17, 15) is 5.11 Å². The summed E-state index contributed by atoms with van der Waals surface area (Å²) >= 11 is 0. The molecule has 0 radical (unpaired) electrons. The summed E-state index contributed by atoms with van der Waals surface area (Å²) < 4.78 is 0. The van der Waals surface area contributed by atoms with E-state index < -0.39 is 13.7 Å². The van der Waals surface area contributed by atoms with Crippen LogP contribution in [0, 0.1) is 23.3 Å². The van der Waals surface area contributed by atoms with Crippen LogP contribution in [0.5, 0.6) is 0 Å². The smallest absolute Gasteiger partial charge is 0.130 e. The fraction of sp³-hybridized carbons (Fsp3) is 0.667. The second-order valence-electron chi connectivity index (χ2n) is 5.11. The first-order chi connectivity index (χ1) is 6.21. The molecule has 0 aromatic heterocycles. The van der Waals surface area contributed by atoms with E-state index in [2.05, 4.69) is 42.9 Å². The standard InChI is InChI=1S/C12H20OSi/c1-12(2,13)10-8-6-7-9-11-14(3,4)5/h13H,8,10H2,1-5H3. The summed E-state index contributed by atoms with van der Waals surface area (Å²) in [6.07, 6.45) is 1.42. The van der Waals surface area contributed by atoms with Crippen LogP contribution in [0.15, 0.2) is 0 Å². The third-order valence-corrected chi connectivity index (χ3v) is 2.33. The van der Waals surface area contributed by atoms with Crippen LogP contribution < -0.4 is 0 Å². The summed E-state index contributed by atoms with van der Waals surface area (Å²) in [4.78, 5) is 0. The van der Waals surface area contributed by atoms with Crippen molar-refractivity contribution in [3.05, 3.63) is 0 Å². The van der Waals surface area contributed by atoms with E-state index in [0.29, 0.717) is 12.8 Å². The number of hydrogen-bond acceptors (Lipinski definition) is 1. The van der Waals surface area contributed by atoms with Crippen molar-refractivity contribution in [2.75, 3.05) is 0 Å².